The van der Waals surface area contributed by atoms with Gasteiger partial charge in [-0.1, -0.05) is 42.5 Å². The number of anilines is 2. The number of carbonyl (C=O) groups is 1. The fraction of sp³-hybridized carbons (Fsp3) is 0.136. The predicted molar refractivity (Wildman–Crippen MR) is 115 cm³/mol. The number of nitrogens with zero attached hydrogens (tertiary/aromatic N) is 2. The second kappa shape index (κ2) is 9.04. The van der Waals surface area contributed by atoms with Gasteiger partial charge in [0.05, 0.1) is 6.54 Å². The van der Waals surface area contributed by atoms with Crippen molar-refractivity contribution in [2.24, 2.45) is 0 Å². The Labute approximate surface area is 171 Å². The molecule has 0 aliphatic carbocycles. The van der Waals surface area contributed by atoms with Gasteiger partial charge in [-0.2, -0.15) is 0 Å². The molecule has 3 N–H and O–H groups in total. The normalized spacial score (nSPS) is 11.0. The molecule has 0 atom stereocenters. The van der Waals surface area contributed by atoms with Crippen molar-refractivity contribution in [1.82, 2.24) is 9.55 Å². The fourth-order valence-electron chi connectivity index (χ4n) is 3.02. The van der Waals surface area contributed by atoms with Crippen LogP contribution in [0, 0.1) is 5.82 Å². The number of carbonyl (C=O) groups excluding carboxylic acids is 1. The van der Waals surface area contributed by atoms with Gasteiger partial charge in [-0.15, -0.1) is 0 Å². The molecule has 0 saturated carbocycles. The Kier molecular flexibility index (Phi) is 6.26. The van der Waals surface area contributed by atoms with Gasteiger partial charge in [0, 0.05) is 12.6 Å². The Balaban J connectivity index is 1.96. The zero-order chi connectivity index (χ0) is 21.7. The minimum absolute atomic E-state index is 0.0956. The average molecular weight is 408 g/mol. The third kappa shape index (κ3) is 4.54. The quantitative estimate of drug-likeness (QED) is 0.612. The van der Waals surface area contributed by atoms with Gasteiger partial charge in [0.2, 0.25) is 0 Å². The van der Waals surface area contributed by atoms with Crippen molar-refractivity contribution in [3.05, 3.63) is 98.5 Å². The lowest BCUT2D eigenvalue weighted by atomic mass is 10.2. The van der Waals surface area contributed by atoms with E-state index in [1.807, 2.05) is 30.3 Å². The topological polar surface area (TPSA) is 101 Å². The van der Waals surface area contributed by atoms with Gasteiger partial charge in [0.15, 0.2) is 5.69 Å². The number of rotatable bonds is 6. The van der Waals surface area contributed by atoms with E-state index in [2.05, 4.69) is 4.98 Å². The number of nitrogens with one attached hydrogen (secondary N) is 1. The van der Waals surface area contributed by atoms with Crippen molar-refractivity contribution in [3.8, 4) is 0 Å². The molecule has 1 amide bonds. The van der Waals surface area contributed by atoms with Crippen molar-refractivity contribution in [2.45, 2.75) is 13.5 Å². The maximum atomic E-state index is 13.0. The molecule has 0 unspecified atom stereocenters. The fourth-order valence-corrected chi connectivity index (χ4v) is 3.02. The van der Waals surface area contributed by atoms with Crippen LogP contribution in [0.5, 0.6) is 0 Å². The minimum Gasteiger partial charge on any atom is -0.383 e. The van der Waals surface area contributed by atoms with E-state index in [-0.39, 0.29) is 30.4 Å². The van der Waals surface area contributed by atoms with E-state index in [0.717, 1.165) is 5.56 Å². The van der Waals surface area contributed by atoms with Crippen molar-refractivity contribution in [1.29, 1.82) is 0 Å². The highest BCUT2D eigenvalue weighted by atomic mass is 19.1. The van der Waals surface area contributed by atoms with Crippen LogP contribution in [0.15, 0.2) is 70.3 Å². The molecule has 3 rings (SSSR count). The summed E-state index contributed by atoms with van der Waals surface area (Å²) < 4.78 is 14.2. The Bertz CT molecular complexity index is 1180. The highest BCUT2D eigenvalue weighted by Crippen LogP contribution is 2.18. The lowest BCUT2D eigenvalue weighted by Crippen LogP contribution is -2.40. The first kappa shape index (κ1) is 20.8. The number of nitrogens with two attached hydrogens (primary N) is 1. The number of nitrogen functional groups attached to an aromatic ring is 1. The highest BCUT2D eigenvalue weighted by molar-refractivity contribution is 6.05. The first-order valence-corrected chi connectivity index (χ1v) is 9.32. The van der Waals surface area contributed by atoms with E-state index < -0.39 is 17.2 Å². The summed E-state index contributed by atoms with van der Waals surface area (Å²) in [7, 11) is 0. The number of benzene rings is 2. The summed E-state index contributed by atoms with van der Waals surface area (Å²) >= 11 is 0. The van der Waals surface area contributed by atoms with Crippen LogP contribution in [0.1, 0.15) is 18.1 Å². The molecule has 0 radical (unpaired) electrons. The molecule has 0 bridgehead atoms. The number of hydrogen-bond donors (Lipinski definition) is 2. The van der Waals surface area contributed by atoms with Crippen LogP contribution in [0.25, 0.3) is 6.08 Å². The average Bonchev–Trinajstić information content (AvgIpc) is 2.74. The summed E-state index contributed by atoms with van der Waals surface area (Å²) in [6.45, 7) is 1.99. The predicted octanol–water partition coefficient (Wildman–Crippen LogP) is 2.37. The molecule has 2 aromatic carbocycles. The van der Waals surface area contributed by atoms with Crippen LogP contribution < -0.4 is 21.9 Å². The molecule has 0 aliphatic heterocycles. The molecule has 0 fully saturated rings. The van der Waals surface area contributed by atoms with Gasteiger partial charge in [-0.25, -0.2) is 9.18 Å². The van der Waals surface area contributed by atoms with E-state index in [4.69, 9.17) is 5.73 Å². The van der Waals surface area contributed by atoms with E-state index in [1.165, 1.54) is 45.9 Å². The molecule has 0 aliphatic rings. The molecular weight excluding hydrogens is 387 g/mol. The monoisotopic (exact) mass is 408 g/mol. The minimum atomic E-state index is -0.743. The summed E-state index contributed by atoms with van der Waals surface area (Å²) in [4.78, 5) is 41.0. The summed E-state index contributed by atoms with van der Waals surface area (Å²) in [6, 6.07) is 14.8. The Morgan fingerprint density at radius 2 is 1.80 bits per heavy atom. The number of halogens is 1. The molecule has 0 saturated heterocycles. The third-order valence-electron chi connectivity index (χ3n) is 4.54. The Morgan fingerprint density at radius 1 is 1.13 bits per heavy atom. The van der Waals surface area contributed by atoms with E-state index in [1.54, 1.807) is 6.92 Å². The Morgan fingerprint density at radius 3 is 2.43 bits per heavy atom. The number of aromatic nitrogens is 2. The summed E-state index contributed by atoms with van der Waals surface area (Å²) in [5.41, 5.74) is 6.10. The smallest absolute Gasteiger partial charge is 0.330 e. The lowest BCUT2D eigenvalue weighted by Gasteiger charge is -2.22. The van der Waals surface area contributed by atoms with E-state index in [9.17, 15) is 18.8 Å². The highest BCUT2D eigenvalue weighted by Gasteiger charge is 2.21. The molecule has 7 nitrogen and oxygen atoms in total. The molecule has 1 aromatic heterocycles. The zero-order valence-corrected chi connectivity index (χ0v) is 16.3. The molecule has 0 spiro atoms. The van der Waals surface area contributed by atoms with Gasteiger partial charge in [0.1, 0.15) is 11.6 Å². The maximum absolute atomic E-state index is 13.0. The molecule has 3 aromatic rings. The van der Waals surface area contributed by atoms with Crippen LogP contribution >= 0.6 is 0 Å². The molecular formula is C22H21FN4O3. The van der Waals surface area contributed by atoms with Crippen molar-refractivity contribution in [3.63, 3.8) is 0 Å². The summed E-state index contributed by atoms with van der Waals surface area (Å²) in [5, 5.41) is 0. The van der Waals surface area contributed by atoms with Gasteiger partial charge in [-0.05, 0) is 36.3 Å². The van der Waals surface area contributed by atoms with Gasteiger partial charge in [-0.3, -0.25) is 19.1 Å². The summed E-state index contributed by atoms with van der Waals surface area (Å²) in [6.07, 6.45) is 2.77. The molecule has 8 heteroatoms. The van der Waals surface area contributed by atoms with Crippen LogP contribution in [0.3, 0.4) is 0 Å². The second-order valence-electron chi connectivity index (χ2n) is 6.53. The largest absolute Gasteiger partial charge is 0.383 e. The Hall–Kier alpha value is -3.94. The number of H-pyrrole nitrogens is 1. The van der Waals surface area contributed by atoms with Crippen molar-refractivity contribution < 1.29 is 9.18 Å². The van der Waals surface area contributed by atoms with Crippen molar-refractivity contribution in [2.75, 3.05) is 17.2 Å². The molecule has 154 valence electrons. The van der Waals surface area contributed by atoms with Crippen LogP contribution in [-0.2, 0) is 11.3 Å². The van der Waals surface area contributed by atoms with E-state index >= 15 is 0 Å². The number of hydrogen-bond acceptors (Lipinski definition) is 4. The third-order valence-corrected chi connectivity index (χ3v) is 4.54. The summed E-state index contributed by atoms with van der Waals surface area (Å²) in [5.74, 6) is -0.976. The van der Waals surface area contributed by atoms with Gasteiger partial charge < -0.3 is 10.6 Å². The first-order valence-electron chi connectivity index (χ1n) is 9.32. The second-order valence-corrected chi connectivity index (χ2v) is 6.53. The molecule has 1 heterocycles. The van der Waals surface area contributed by atoms with Crippen LogP contribution in [-0.4, -0.2) is 22.0 Å². The SMILES string of the molecule is CCN(C(=O)/C=C/c1ccc(F)cc1)c1c(N)n(Cc2ccccc2)c(=O)[nH]c1=O. The number of amides is 1. The number of aromatic amines is 1. The first-order chi connectivity index (χ1) is 14.4. The standard InChI is InChI=1S/C22H21FN4O3/c1-2-26(18(28)13-10-15-8-11-17(23)12-9-15)19-20(24)27(22(30)25-21(19)29)14-16-6-4-3-5-7-16/h3-13H,2,14,24H2,1H3,(H,25,29,30)/b13-10+. The van der Waals surface area contributed by atoms with E-state index in [0.29, 0.717) is 5.56 Å². The molecule has 30 heavy (non-hydrogen) atoms. The van der Waals surface area contributed by atoms with Gasteiger partial charge in [0.25, 0.3) is 11.5 Å². The zero-order valence-electron chi connectivity index (χ0n) is 16.3. The van der Waals surface area contributed by atoms with Crippen LogP contribution in [0.4, 0.5) is 15.9 Å². The number of likely N-dealkylation sites (N-methyl/N-ethyl adjacent to an activating group) is 1. The van der Waals surface area contributed by atoms with Gasteiger partial charge >= 0.3 is 5.69 Å². The lowest BCUT2D eigenvalue weighted by molar-refractivity contribution is -0.114. The van der Waals surface area contributed by atoms with Crippen LogP contribution in [0.2, 0.25) is 0 Å². The maximum Gasteiger partial charge on any atom is 0.330 e. The van der Waals surface area contributed by atoms with Crippen molar-refractivity contribution >= 4 is 23.5 Å².